The minimum absolute atomic E-state index is 0.180. The van der Waals surface area contributed by atoms with Crippen LogP contribution in [0.4, 0.5) is 0 Å². The van der Waals surface area contributed by atoms with Gasteiger partial charge in [0, 0.05) is 31.6 Å². The van der Waals surface area contributed by atoms with Crippen LogP contribution in [0.15, 0.2) is 24.3 Å². The van der Waals surface area contributed by atoms with Crippen LogP contribution in [0.5, 0.6) is 0 Å². The molecule has 0 saturated carbocycles. The van der Waals surface area contributed by atoms with Crippen LogP contribution in [-0.4, -0.2) is 53.3 Å². The lowest BCUT2D eigenvalue weighted by Gasteiger charge is -2.20. The Hall–Kier alpha value is -2.05. The van der Waals surface area contributed by atoms with E-state index in [2.05, 4.69) is 0 Å². The summed E-state index contributed by atoms with van der Waals surface area (Å²) < 4.78 is 6.61. The van der Waals surface area contributed by atoms with E-state index in [1.165, 1.54) is 12.0 Å². The molecule has 0 bridgehead atoms. The maximum atomic E-state index is 12.7. The molecule has 0 radical (unpaired) electrons. The van der Waals surface area contributed by atoms with Crippen LogP contribution >= 0.6 is 11.6 Å². The summed E-state index contributed by atoms with van der Waals surface area (Å²) in [4.78, 5) is 24.9. The van der Waals surface area contributed by atoms with Gasteiger partial charge in [0.25, 0.3) is 5.91 Å². The van der Waals surface area contributed by atoms with Gasteiger partial charge in [-0.05, 0) is 6.07 Å². The number of hydrogen-bond acceptors (Lipinski definition) is 3. The molecule has 1 aromatic heterocycles. The summed E-state index contributed by atoms with van der Waals surface area (Å²) in [5, 5.41) is 10.1. The van der Waals surface area contributed by atoms with E-state index in [1.807, 2.05) is 24.3 Å². The minimum Gasteiger partial charge on any atom is -0.480 e. The van der Waals surface area contributed by atoms with Crippen molar-refractivity contribution in [3.63, 3.8) is 0 Å². The average Bonchev–Trinajstić information content (AvgIpc) is 2.75. The molecule has 0 atom stereocenters. The number of benzene rings is 1. The number of ether oxygens (including phenoxy) is 1. The first-order chi connectivity index (χ1) is 10.5. The number of carbonyl (C=O) groups excluding carboxylic acids is 1. The van der Waals surface area contributed by atoms with Crippen molar-refractivity contribution in [3.05, 3.63) is 35.0 Å². The number of aromatic nitrogens is 1. The van der Waals surface area contributed by atoms with Crippen molar-refractivity contribution in [1.29, 1.82) is 0 Å². The molecule has 0 saturated heterocycles. The van der Waals surface area contributed by atoms with Crippen molar-refractivity contribution in [3.8, 4) is 0 Å². The van der Waals surface area contributed by atoms with Gasteiger partial charge in [-0.25, -0.2) is 0 Å². The van der Waals surface area contributed by atoms with Gasteiger partial charge in [0.05, 0.1) is 11.6 Å². The van der Waals surface area contributed by atoms with Crippen molar-refractivity contribution in [2.75, 3.05) is 26.8 Å². The molecule has 1 heterocycles. The number of nitrogens with zero attached hydrogens (tertiary/aromatic N) is 2. The number of rotatable bonds is 6. The maximum Gasteiger partial charge on any atom is 0.323 e. The summed E-state index contributed by atoms with van der Waals surface area (Å²) in [5.74, 6) is -1.51. The van der Waals surface area contributed by atoms with E-state index < -0.39 is 18.4 Å². The number of fused-ring (bicyclic) bond motifs is 1. The zero-order valence-corrected chi connectivity index (χ0v) is 13.1. The molecular formula is C15H17ClN2O4. The van der Waals surface area contributed by atoms with E-state index in [-0.39, 0.29) is 18.8 Å². The van der Waals surface area contributed by atoms with Gasteiger partial charge in [-0.2, -0.15) is 0 Å². The maximum absolute atomic E-state index is 12.7. The van der Waals surface area contributed by atoms with Gasteiger partial charge in [0.15, 0.2) is 0 Å². The van der Waals surface area contributed by atoms with Gasteiger partial charge in [-0.3, -0.25) is 9.59 Å². The highest BCUT2D eigenvalue weighted by Crippen LogP contribution is 2.30. The molecule has 7 heteroatoms. The molecule has 2 rings (SSSR count). The lowest BCUT2D eigenvalue weighted by Crippen LogP contribution is -2.38. The van der Waals surface area contributed by atoms with Crippen LogP contribution < -0.4 is 0 Å². The topological polar surface area (TPSA) is 71.8 Å². The smallest absolute Gasteiger partial charge is 0.323 e. The zero-order chi connectivity index (χ0) is 16.3. The second kappa shape index (κ2) is 6.81. The molecule has 0 spiro atoms. The predicted octanol–water partition coefficient (Wildman–Crippen LogP) is 2.00. The second-order valence-electron chi connectivity index (χ2n) is 4.85. The highest BCUT2D eigenvalue weighted by molar-refractivity contribution is 6.38. The molecule has 1 amide bonds. The monoisotopic (exact) mass is 324 g/mol. The Balaban J connectivity index is 2.43. The number of carboxylic acid groups (broad SMARTS) is 1. The SMILES string of the molecule is COCCN(CC(=O)O)C(=O)c1c(Cl)c2ccccc2n1C. The molecule has 0 aliphatic rings. The molecule has 0 aliphatic carbocycles. The zero-order valence-electron chi connectivity index (χ0n) is 12.4. The lowest BCUT2D eigenvalue weighted by atomic mass is 10.2. The Labute approximate surface area is 132 Å². The van der Waals surface area contributed by atoms with Gasteiger partial charge in [0.1, 0.15) is 12.2 Å². The van der Waals surface area contributed by atoms with E-state index in [9.17, 15) is 9.59 Å². The van der Waals surface area contributed by atoms with Crippen molar-refractivity contribution in [2.24, 2.45) is 7.05 Å². The molecule has 2 aromatic rings. The average molecular weight is 325 g/mol. The first kappa shape index (κ1) is 16.3. The molecule has 0 unspecified atom stereocenters. The minimum atomic E-state index is -1.08. The Morgan fingerprint density at radius 1 is 1.36 bits per heavy atom. The summed E-state index contributed by atoms with van der Waals surface area (Å²) in [6, 6.07) is 7.37. The van der Waals surface area contributed by atoms with Gasteiger partial charge in [-0.15, -0.1) is 0 Å². The molecule has 0 fully saturated rings. The van der Waals surface area contributed by atoms with E-state index in [0.29, 0.717) is 5.02 Å². The molecule has 118 valence electrons. The standard InChI is InChI=1S/C15H17ClN2O4/c1-17-11-6-4-3-5-10(11)13(16)14(17)15(21)18(7-8-22-2)9-12(19)20/h3-6H,7-9H2,1-2H3,(H,19,20). The molecular weight excluding hydrogens is 308 g/mol. The van der Waals surface area contributed by atoms with Crippen LogP contribution in [0.1, 0.15) is 10.5 Å². The lowest BCUT2D eigenvalue weighted by molar-refractivity contribution is -0.137. The van der Waals surface area contributed by atoms with Gasteiger partial charge in [-0.1, -0.05) is 29.8 Å². The van der Waals surface area contributed by atoms with E-state index in [0.717, 1.165) is 10.9 Å². The molecule has 1 aromatic carbocycles. The summed E-state index contributed by atoms with van der Waals surface area (Å²) in [6.07, 6.45) is 0. The summed E-state index contributed by atoms with van der Waals surface area (Å²) in [7, 11) is 3.23. The number of aliphatic carboxylic acids is 1. The number of halogens is 1. The van der Waals surface area contributed by atoms with Gasteiger partial charge in [0.2, 0.25) is 0 Å². The van der Waals surface area contributed by atoms with Crippen molar-refractivity contribution in [2.45, 2.75) is 0 Å². The fraction of sp³-hybridized carbons (Fsp3) is 0.333. The first-order valence-corrected chi connectivity index (χ1v) is 7.08. The molecule has 6 nitrogen and oxygen atoms in total. The number of aryl methyl sites for hydroxylation is 1. The number of hydrogen-bond donors (Lipinski definition) is 1. The number of para-hydroxylation sites is 1. The van der Waals surface area contributed by atoms with Crippen LogP contribution in [-0.2, 0) is 16.6 Å². The molecule has 22 heavy (non-hydrogen) atoms. The highest BCUT2D eigenvalue weighted by Gasteiger charge is 2.25. The predicted molar refractivity (Wildman–Crippen MR) is 83.3 cm³/mol. The fourth-order valence-corrected chi connectivity index (χ4v) is 2.72. The summed E-state index contributed by atoms with van der Waals surface area (Å²) >= 11 is 6.32. The number of methoxy groups -OCH3 is 1. The van der Waals surface area contributed by atoms with E-state index in [4.69, 9.17) is 21.4 Å². The quantitative estimate of drug-likeness (QED) is 0.882. The Morgan fingerprint density at radius 2 is 2.05 bits per heavy atom. The van der Waals surface area contributed by atoms with Crippen molar-refractivity contribution >= 4 is 34.4 Å². The number of carboxylic acids is 1. The largest absolute Gasteiger partial charge is 0.480 e. The Kier molecular flexibility index (Phi) is 5.05. The van der Waals surface area contributed by atoms with Crippen LogP contribution in [0.2, 0.25) is 5.02 Å². The van der Waals surface area contributed by atoms with Crippen LogP contribution in [0.25, 0.3) is 10.9 Å². The summed E-state index contributed by atoms with van der Waals surface area (Å²) in [5.41, 5.74) is 1.10. The third kappa shape index (κ3) is 3.08. The fourth-order valence-electron chi connectivity index (χ4n) is 2.35. The highest BCUT2D eigenvalue weighted by atomic mass is 35.5. The van der Waals surface area contributed by atoms with Crippen LogP contribution in [0, 0.1) is 0 Å². The third-order valence-corrected chi connectivity index (χ3v) is 3.81. The Morgan fingerprint density at radius 3 is 2.64 bits per heavy atom. The summed E-state index contributed by atoms with van der Waals surface area (Å²) in [6.45, 7) is 0.0279. The van der Waals surface area contributed by atoms with E-state index in [1.54, 1.807) is 11.6 Å². The van der Waals surface area contributed by atoms with Gasteiger partial charge >= 0.3 is 5.97 Å². The van der Waals surface area contributed by atoms with Gasteiger partial charge < -0.3 is 19.3 Å². The first-order valence-electron chi connectivity index (χ1n) is 6.70. The number of carbonyl (C=O) groups is 2. The molecule has 0 aliphatic heterocycles. The Bertz CT molecular complexity index is 672. The van der Waals surface area contributed by atoms with E-state index >= 15 is 0 Å². The normalized spacial score (nSPS) is 10.9. The second-order valence-corrected chi connectivity index (χ2v) is 5.23. The van der Waals surface area contributed by atoms with Crippen LogP contribution in [0.3, 0.4) is 0 Å². The number of amides is 1. The molecule has 1 N–H and O–H groups in total. The van der Waals surface area contributed by atoms with Crippen molar-refractivity contribution < 1.29 is 19.4 Å². The third-order valence-electron chi connectivity index (χ3n) is 3.43. The van der Waals surface area contributed by atoms with Crippen molar-refractivity contribution in [1.82, 2.24) is 9.47 Å².